The third-order valence-electron chi connectivity index (χ3n) is 5.89. The molecule has 0 bridgehead atoms. The van der Waals surface area contributed by atoms with Crippen molar-refractivity contribution in [1.82, 2.24) is 5.32 Å². The Balaban J connectivity index is 2.02. The Morgan fingerprint density at radius 2 is 1.11 bits per heavy atom. The standard InChI is InChI=1S/C30H26NO3PS/c1-22-18-20-23(21-19-22)28(32)31-27(29(33)34-2)30(36)35(24-12-6-3-7-13-24,25-14-8-4-9-15-25)26-16-10-5-11-17-26/h3-21H,1-2H3,(H-,31,32,33,36). The van der Waals surface area contributed by atoms with Gasteiger partial charge in [0, 0.05) is 5.56 Å². The summed E-state index contributed by atoms with van der Waals surface area (Å²) < 4.78 is 5.48. The Kier molecular flexibility index (Phi) is 7.94. The number of ether oxygens (including phenoxy) is 1. The molecular formula is C30H26NO3PS. The Morgan fingerprint density at radius 3 is 1.50 bits per heavy atom. The van der Waals surface area contributed by atoms with Crippen LogP contribution in [-0.4, -0.2) is 19.0 Å². The maximum absolute atomic E-state index is 13.2. The van der Waals surface area contributed by atoms with Crippen LogP contribution in [0.5, 0.6) is 0 Å². The van der Waals surface area contributed by atoms with Gasteiger partial charge >= 0.3 is 5.97 Å². The number of benzene rings is 4. The average Bonchev–Trinajstić information content (AvgIpc) is 2.93. The van der Waals surface area contributed by atoms with Gasteiger partial charge in [-0.25, -0.2) is 4.79 Å². The molecule has 1 amide bonds. The van der Waals surface area contributed by atoms with E-state index in [0.717, 1.165) is 21.5 Å². The summed E-state index contributed by atoms with van der Waals surface area (Å²) in [7, 11) is -1.46. The van der Waals surface area contributed by atoms with Crippen molar-refractivity contribution in [2.75, 3.05) is 7.11 Å². The molecule has 0 fully saturated rings. The summed E-state index contributed by atoms with van der Waals surface area (Å²) in [5, 5.41) is 5.72. The lowest BCUT2D eigenvalue weighted by Gasteiger charge is -2.34. The molecule has 0 aliphatic rings. The van der Waals surface area contributed by atoms with Crippen LogP contribution in [0.15, 0.2) is 126 Å². The zero-order chi connectivity index (χ0) is 25.5. The van der Waals surface area contributed by atoms with E-state index in [-0.39, 0.29) is 5.70 Å². The zero-order valence-electron chi connectivity index (χ0n) is 20.0. The lowest BCUT2D eigenvalue weighted by Crippen LogP contribution is -2.36. The van der Waals surface area contributed by atoms with Gasteiger partial charge < -0.3 is 22.7 Å². The first-order valence-electron chi connectivity index (χ1n) is 11.4. The summed E-state index contributed by atoms with van der Waals surface area (Å²) in [6.07, 6.45) is 0. The van der Waals surface area contributed by atoms with Crippen LogP contribution in [0.3, 0.4) is 0 Å². The molecule has 4 aromatic carbocycles. The van der Waals surface area contributed by atoms with E-state index < -0.39 is 19.1 Å². The molecule has 0 radical (unpaired) electrons. The fourth-order valence-corrected chi connectivity index (χ4v) is 9.13. The van der Waals surface area contributed by atoms with Crippen molar-refractivity contribution in [2.45, 2.75) is 6.92 Å². The average molecular weight is 512 g/mol. The topological polar surface area (TPSA) is 55.4 Å². The van der Waals surface area contributed by atoms with E-state index in [1.165, 1.54) is 7.11 Å². The van der Waals surface area contributed by atoms with Crippen LogP contribution in [0.2, 0.25) is 0 Å². The first kappa shape index (κ1) is 25.3. The molecule has 0 unspecified atom stereocenters. The molecule has 0 atom stereocenters. The van der Waals surface area contributed by atoms with Crippen molar-refractivity contribution in [3.8, 4) is 0 Å². The van der Waals surface area contributed by atoms with E-state index in [4.69, 9.17) is 17.4 Å². The molecule has 0 saturated carbocycles. The molecule has 0 heterocycles. The van der Waals surface area contributed by atoms with Crippen LogP contribution < -0.4 is 21.2 Å². The normalized spacial score (nSPS) is 11.8. The van der Waals surface area contributed by atoms with Crippen LogP contribution in [0, 0.1) is 6.92 Å². The van der Waals surface area contributed by atoms with Crippen molar-refractivity contribution >= 4 is 47.7 Å². The van der Waals surface area contributed by atoms with E-state index in [2.05, 4.69) is 5.32 Å². The minimum Gasteiger partial charge on any atom is -0.738 e. The van der Waals surface area contributed by atoms with E-state index in [1.807, 2.05) is 110 Å². The van der Waals surface area contributed by atoms with Gasteiger partial charge in [0.1, 0.15) is 28.9 Å². The SMILES string of the molecule is COC(=O)/C(NC(=O)c1ccc(C)cc1)=C(\[S-])[P+](c1ccccc1)(c1ccccc1)c1ccccc1. The van der Waals surface area contributed by atoms with Gasteiger partial charge in [0.25, 0.3) is 5.91 Å². The first-order chi connectivity index (χ1) is 17.5. The van der Waals surface area contributed by atoms with Gasteiger partial charge in [-0.1, -0.05) is 72.3 Å². The molecule has 4 rings (SSSR count). The number of nitrogens with one attached hydrogen (secondary N) is 1. The third kappa shape index (κ3) is 4.94. The van der Waals surface area contributed by atoms with Crippen LogP contribution in [0.25, 0.3) is 0 Å². The molecule has 0 aliphatic carbocycles. The maximum Gasteiger partial charge on any atom is 0.356 e. The fraction of sp³-hybridized carbons (Fsp3) is 0.0667. The molecule has 0 saturated heterocycles. The number of carbonyl (C=O) groups is 2. The number of aryl methyl sites for hydroxylation is 1. The molecule has 4 nitrogen and oxygen atoms in total. The first-order valence-corrected chi connectivity index (χ1v) is 13.6. The number of hydrogen-bond donors (Lipinski definition) is 1. The smallest absolute Gasteiger partial charge is 0.356 e. The monoisotopic (exact) mass is 511 g/mol. The van der Waals surface area contributed by atoms with E-state index in [0.29, 0.717) is 10.2 Å². The Labute approximate surface area is 217 Å². The van der Waals surface area contributed by atoms with Crippen molar-refractivity contribution in [3.63, 3.8) is 0 Å². The van der Waals surface area contributed by atoms with Crippen LogP contribution >= 0.6 is 7.26 Å². The lowest BCUT2D eigenvalue weighted by atomic mass is 10.1. The van der Waals surface area contributed by atoms with Crippen LogP contribution in [0.4, 0.5) is 0 Å². The van der Waals surface area contributed by atoms with Gasteiger partial charge in [-0.3, -0.25) is 4.79 Å². The van der Waals surface area contributed by atoms with Gasteiger partial charge in [-0.15, -0.1) is 0 Å². The highest BCUT2D eigenvalue weighted by molar-refractivity contribution is 8.06. The molecular weight excluding hydrogens is 485 g/mol. The molecule has 36 heavy (non-hydrogen) atoms. The summed E-state index contributed by atoms with van der Waals surface area (Å²) in [5.74, 6) is -1.11. The molecule has 0 aliphatic heterocycles. The molecule has 180 valence electrons. The van der Waals surface area contributed by atoms with Crippen molar-refractivity contribution in [1.29, 1.82) is 0 Å². The molecule has 6 heteroatoms. The summed E-state index contributed by atoms with van der Waals surface area (Å²) in [6.45, 7) is 1.95. The minimum absolute atomic E-state index is 0.0250. The zero-order valence-corrected chi connectivity index (χ0v) is 21.8. The number of rotatable bonds is 7. The second-order valence-corrected chi connectivity index (χ2v) is 12.2. The highest BCUT2D eigenvalue weighted by atomic mass is 32.1. The Morgan fingerprint density at radius 1 is 0.694 bits per heavy atom. The van der Waals surface area contributed by atoms with Crippen molar-refractivity contribution < 1.29 is 14.3 Å². The summed E-state index contributed by atoms with van der Waals surface area (Å²) in [4.78, 5) is 26.4. The predicted octanol–water partition coefficient (Wildman–Crippen LogP) is 4.61. The van der Waals surface area contributed by atoms with E-state index >= 15 is 0 Å². The second-order valence-electron chi connectivity index (χ2n) is 8.17. The Hall–Kier alpha value is -3.79. The van der Waals surface area contributed by atoms with Crippen molar-refractivity contribution in [3.05, 3.63) is 137 Å². The van der Waals surface area contributed by atoms with E-state index in [9.17, 15) is 9.59 Å². The number of methoxy groups -OCH3 is 1. The van der Waals surface area contributed by atoms with Gasteiger partial charge in [0.15, 0.2) is 0 Å². The van der Waals surface area contributed by atoms with Crippen LogP contribution in [-0.2, 0) is 22.2 Å². The molecule has 1 N–H and O–H groups in total. The Bertz CT molecular complexity index is 1280. The summed E-state index contributed by atoms with van der Waals surface area (Å²) in [5.41, 5.74) is 1.43. The minimum atomic E-state index is -2.74. The van der Waals surface area contributed by atoms with Gasteiger partial charge in [0.05, 0.1) is 7.11 Å². The fourth-order valence-electron chi connectivity index (χ4n) is 4.11. The summed E-state index contributed by atoms with van der Waals surface area (Å²) >= 11 is 6.18. The second kappa shape index (κ2) is 11.3. The number of hydrogen-bond acceptors (Lipinski definition) is 4. The number of esters is 1. The number of amides is 1. The highest BCUT2D eigenvalue weighted by Gasteiger charge is 2.46. The maximum atomic E-state index is 13.2. The quantitative estimate of drug-likeness (QED) is 0.170. The summed E-state index contributed by atoms with van der Waals surface area (Å²) in [6, 6.07) is 36.9. The third-order valence-corrected chi connectivity index (χ3v) is 11.0. The van der Waals surface area contributed by atoms with Gasteiger partial charge in [0.2, 0.25) is 0 Å². The van der Waals surface area contributed by atoms with Gasteiger partial charge in [-0.2, -0.15) is 0 Å². The molecule has 4 aromatic rings. The van der Waals surface area contributed by atoms with E-state index in [1.54, 1.807) is 12.1 Å². The predicted molar refractivity (Wildman–Crippen MR) is 150 cm³/mol. The molecule has 0 aromatic heterocycles. The van der Waals surface area contributed by atoms with Gasteiger partial charge in [-0.05, 0) is 60.1 Å². The lowest BCUT2D eigenvalue weighted by molar-refractivity contribution is -0.136. The highest BCUT2D eigenvalue weighted by Crippen LogP contribution is 2.62. The largest absolute Gasteiger partial charge is 0.738 e. The van der Waals surface area contributed by atoms with Crippen LogP contribution in [0.1, 0.15) is 15.9 Å². The van der Waals surface area contributed by atoms with Crippen molar-refractivity contribution in [2.24, 2.45) is 0 Å². The molecule has 0 spiro atoms. The number of carbonyl (C=O) groups excluding carboxylic acids is 2.